The zero-order valence-corrected chi connectivity index (χ0v) is 17.8. The van der Waals surface area contributed by atoms with Gasteiger partial charge in [0, 0.05) is 11.8 Å². The molecule has 0 fully saturated rings. The highest BCUT2D eigenvalue weighted by Crippen LogP contribution is 2.26. The SMILES string of the molecule is C=CCOc1ccc(/C=C/C(=O)O[C@@H](C)C(=O)Nc2ccccc2[C@@H](C)CC)cc1. The molecule has 0 radical (unpaired) electrons. The van der Waals surface area contributed by atoms with Crippen LogP contribution in [0.4, 0.5) is 5.69 Å². The molecule has 0 aliphatic rings. The molecule has 5 nitrogen and oxygen atoms in total. The summed E-state index contributed by atoms with van der Waals surface area (Å²) in [5.74, 6) is 0.0875. The molecule has 0 saturated heterocycles. The molecule has 2 atom stereocenters. The molecule has 158 valence electrons. The fraction of sp³-hybridized carbons (Fsp3) is 0.280. The lowest BCUT2D eigenvalue weighted by atomic mass is 9.97. The summed E-state index contributed by atoms with van der Waals surface area (Å²) in [6.45, 7) is 9.80. The number of anilines is 1. The predicted octanol–water partition coefficient (Wildman–Crippen LogP) is 5.35. The van der Waals surface area contributed by atoms with E-state index in [0.29, 0.717) is 12.5 Å². The van der Waals surface area contributed by atoms with E-state index < -0.39 is 12.1 Å². The first-order valence-corrected chi connectivity index (χ1v) is 10.1. The van der Waals surface area contributed by atoms with Crippen molar-refractivity contribution in [2.75, 3.05) is 11.9 Å². The third-order valence-electron chi connectivity index (χ3n) is 4.68. The van der Waals surface area contributed by atoms with Crippen LogP contribution in [0.15, 0.2) is 67.3 Å². The van der Waals surface area contributed by atoms with Crippen LogP contribution in [0.1, 0.15) is 44.2 Å². The number of carbonyl (C=O) groups is 2. The monoisotopic (exact) mass is 407 g/mol. The molecule has 0 aliphatic carbocycles. The van der Waals surface area contributed by atoms with Crippen LogP contribution in [0.5, 0.6) is 5.75 Å². The first-order chi connectivity index (χ1) is 14.4. The number of benzene rings is 2. The molecule has 0 aliphatic heterocycles. The third kappa shape index (κ3) is 6.92. The molecule has 1 amide bonds. The maximum atomic E-state index is 12.5. The van der Waals surface area contributed by atoms with Crippen LogP contribution in [-0.4, -0.2) is 24.6 Å². The molecule has 0 bridgehead atoms. The number of hydrogen-bond acceptors (Lipinski definition) is 4. The van der Waals surface area contributed by atoms with Crippen LogP contribution in [0.3, 0.4) is 0 Å². The van der Waals surface area contributed by atoms with E-state index in [-0.39, 0.29) is 5.91 Å². The maximum absolute atomic E-state index is 12.5. The number of ether oxygens (including phenoxy) is 2. The molecule has 0 unspecified atom stereocenters. The molecule has 0 saturated carbocycles. The molecular weight excluding hydrogens is 378 g/mol. The van der Waals surface area contributed by atoms with Crippen LogP contribution in [0, 0.1) is 0 Å². The van der Waals surface area contributed by atoms with E-state index in [9.17, 15) is 9.59 Å². The lowest BCUT2D eigenvalue weighted by Gasteiger charge is -2.17. The van der Waals surface area contributed by atoms with Gasteiger partial charge in [0.2, 0.25) is 0 Å². The summed E-state index contributed by atoms with van der Waals surface area (Å²) >= 11 is 0. The second-order valence-electron chi connectivity index (χ2n) is 6.97. The zero-order chi connectivity index (χ0) is 21.9. The van der Waals surface area contributed by atoms with E-state index >= 15 is 0 Å². The molecule has 2 rings (SSSR count). The van der Waals surface area contributed by atoms with Gasteiger partial charge < -0.3 is 14.8 Å². The molecule has 2 aromatic carbocycles. The first kappa shape index (κ1) is 22.9. The van der Waals surface area contributed by atoms with Gasteiger partial charge in [-0.3, -0.25) is 4.79 Å². The highest BCUT2D eigenvalue weighted by molar-refractivity contribution is 5.97. The van der Waals surface area contributed by atoms with Crippen molar-refractivity contribution >= 4 is 23.6 Å². The minimum absolute atomic E-state index is 0.316. The molecule has 0 aromatic heterocycles. The molecule has 0 heterocycles. The highest BCUT2D eigenvalue weighted by Gasteiger charge is 2.18. The molecule has 2 aromatic rings. The van der Waals surface area contributed by atoms with E-state index in [0.717, 1.165) is 29.0 Å². The van der Waals surface area contributed by atoms with Crippen molar-refractivity contribution in [3.63, 3.8) is 0 Å². The molecule has 1 N–H and O–H groups in total. The Hall–Kier alpha value is -3.34. The van der Waals surface area contributed by atoms with Crippen molar-refractivity contribution in [3.05, 3.63) is 78.4 Å². The summed E-state index contributed by atoms with van der Waals surface area (Å²) < 4.78 is 10.7. The lowest BCUT2D eigenvalue weighted by Crippen LogP contribution is -2.29. The van der Waals surface area contributed by atoms with E-state index in [2.05, 4.69) is 25.7 Å². The lowest BCUT2D eigenvalue weighted by molar-refractivity contribution is -0.148. The number of hydrogen-bond donors (Lipinski definition) is 1. The Bertz CT molecular complexity index is 886. The summed E-state index contributed by atoms with van der Waals surface area (Å²) in [5, 5.41) is 2.87. The van der Waals surface area contributed by atoms with E-state index in [1.54, 1.807) is 31.2 Å². The summed E-state index contributed by atoms with van der Waals surface area (Å²) in [4.78, 5) is 24.6. The van der Waals surface area contributed by atoms with Gasteiger partial charge in [-0.1, -0.05) is 56.8 Å². The first-order valence-electron chi connectivity index (χ1n) is 10.1. The van der Waals surface area contributed by atoms with Crippen LogP contribution >= 0.6 is 0 Å². The average Bonchev–Trinajstić information content (AvgIpc) is 2.76. The van der Waals surface area contributed by atoms with Gasteiger partial charge in [-0.2, -0.15) is 0 Å². The second kappa shape index (κ2) is 11.6. The van der Waals surface area contributed by atoms with Crippen molar-refractivity contribution in [1.82, 2.24) is 0 Å². The Morgan fingerprint density at radius 3 is 2.47 bits per heavy atom. The van der Waals surface area contributed by atoms with Gasteiger partial charge >= 0.3 is 5.97 Å². The molecule has 30 heavy (non-hydrogen) atoms. The van der Waals surface area contributed by atoms with Crippen LogP contribution in [0.25, 0.3) is 6.08 Å². The minimum atomic E-state index is -0.915. The van der Waals surface area contributed by atoms with E-state index in [4.69, 9.17) is 9.47 Å². The van der Waals surface area contributed by atoms with Crippen molar-refractivity contribution in [2.24, 2.45) is 0 Å². The molecule has 5 heteroatoms. The maximum Gasteiger partial charge on any atom is 0.331 e. The largest absolute Gasteiger partial charge is 0.490 e. The number of para-hydroxylation sites is 1. The van der Waals surface area contributed by atoms with E-state index in [1.807, 2.05) is 36.4 Å². The number of amides is 1. The smallest absolute Gasteiger partial charge is 0.331 e. The Labute approximate surface area is 178 Å². The number of carbonyl (C=O) groups excluding carboxylic acids is 2. The molecular formula is C25H29NO4. The van der Waals surface area contributed by atoms with Gasteiger partial charge in [0.05, 0.1) is 0 Å². The van der Waals surface area contributed by atoms with E-state index in [1.165, 1.54) is 6.08 Å². The summed E-state index contributed by atoms with van der Waals surface area (Å²) in [7, 11) is 0. The Morgan fingerprint density at radius 2 is 1.80 bits per heavy atom. The minimum Gasteiger partial charge on any atom is -0.490 e. The molecule has 0 spiro atoms. The summed E-state index contributed by atoms with van der Waals surface area (Å²) in [5.41, 5.74) is 2.62. The Kier molecular flexibility index (Phi) is 8.88. The highest BCUT2D eigenvalue weighted by atomic mass is 16.5. The van der Waals surface area contributed by atoms with Gasteiger partial charge in [0.25, 0.3) is 5.91 Å². The van der Waals surface area contributed by atoms with Crippen molar-refractivity contribution in [2.45, 2.75) is 39.2 Å². The number of esters is 1. The number of rotatable bonds is 10. The topological polar surface area (TPSA) is 64.6 Å². The van der Waals surface area contributed by atoms with Crippen molar-refractivity contribution in [1.29, 1.82) is 0 Å². The van der Waals surface area contributed by atoms with Gasteiger partial charge in [0.15, 0.2) is 6.10 Å². The third-order valence-corrected chi connectivity index (χ3v) is 4.68. The Morgan fingerprint density at radius 1 is 1.10 bits per heavy atom. The normalized spacial score (nSPS) is 12.8. The number of nitrogens with one attached hydrogen (secondary N) is 1. The van der Waals surface area contributed by atoms with Gasteiger partial charge in [-0.25, -0.2) is 4.79 Å². The zero-order valence-electron chi connectivity index (χ0n) is 17.8. The van der Waals surface area contributed by atoms with Crippen LogP contribution < -0.4 is 10.1 Å². The fourth-order valence-electron chi connectivity index (χ4n) is 2.76. The predicted molar refractivity (Wildman–Crippen MR) is 120 cm³/mol. The van der Waals surface area contributed by atoms with Gasteiger partial charge in [0.1, 0.15) is 12.4 Å². The Balaban J connectivity index is 1.91. The fourth-order valence-corrected chi connectivity index (χ4v) is 2.76. The summed E-state index contributed by atoms with van der Waals surface area (Å²) in [6.07, 6.45) is 4.65. The average molecular weight is 408 g/mol. The van der Waals surface area contributed by atoms with Gasteiger partial charge in [-0.15, -0.1) is 0 Å². The van der Waals surface area contributed by atoms with Crippen molar-refractivity contribution in [3.8, 4) is 5.75 Å². The second-order valence-corrected chi connectivity index (χ2v) is 6.97. The van der Waals surface area contributed by atoms with Crippen LogP contribution in [0.2, 0.25) is 0 Å². The summed E-state index contributed by atoms with van der Waals surface area (Å²) in [6, 6.07) is 14.9. The quantitative estimate of drug-likeness (QED) is 0.328. The standard InChI is InChI=1S/C25H29NO4/c1-5-17-29-21-14-11-20(12-15-21)13-16-24(27)30-19(4)25(28)26-23-10-8-7-9-22(23)18(3)6-2/h5,7-16,18-19H,1,6,17H2,2-4H3,(H,26,28)/b16-13+/t18-,19-/m0/s1. The van der Waals surface area contributed by atoms with Crippen LogP contribution in [-0.2, 0) is 14.3 Å². The van der Waals surface area contributed by atoms with Gasteiger partial charge in [-0.05, 0) is 54.7 Å². The van der Waals surface area contributed by atoms with Crippen molar-refractivity contribution < 1.29 is 19.1 Å².